The lowest BCUT2D eigenvalue weighted by Gasteiger charge is -2.35. The summed E-state index contributed by atoms with van der Waals surface area (Å²) in [4.78, 5) is 18.2. The van der Waals surface area contributed by atoms with E-state index in [1.165, 1.54) is 19.3 Å². The van der Waals surface area contributed by atoms with Crippen LogP contribution in [0.15, 0.2) is 18.3 Å². The minimum atomic E-state index is 0.171. The second kappa shape index (κ2) is 5.19. The van der Waals surface area contributed by atoms with Gasteiger partial charge in [-0.05, 0) is 43.7 Å². The maximum Gasteiger partial charge on any atom is 0.219 e. The zero-order chi connectivity index (χ0) is 13.2. The van der Waals surface area contributed by atoms with Crippen LogP contribution in [0.2, 0.25) is 0 Å². The van der Waals surface area contributed by atoms with Crippen LogP contribution in [0, 0.1) is 0 Å². The Morgan fingerprint density at radius 1 is 1.32 bits per heavy atom. The first-order valence-corrected chi connectivity index (χ1v) is 7.24. The molecule has 0 radical (unpaired) electrons. The second-order valence-electron chi connectivity index (χ2n) is 5.62. The molecule has 4 heteroatoms. The lowest BCUT2D eigenvalue weighted by atomic mass is 9.96. The number of carbonyl (C=O) groups is 1. The Morgan fingerprint density at radius 3 is 2.79 bits per heavy atom. The van der Waals surface area contributed by atoms with Crippen LogP contribution in [0.3, 0.4) is 0 Å². The summed E-state index contributed by atoms with van der Waals surface area (Å²) in [5.41, 5.74) is 1.16. The lowest BCUT2D eigenvalue weighted by Crippen LogP contribution is -2.36. The Morgan fingerprint density at radius 2 is 2.16 bits per heavy atom. The molecule has 2 heterocycles. The predicted octanol–water partition coefficient (Wildman–Crippen LogP) is 2.73. The van der Waals surface area contributed by atoms with Crippen molar-refractivity contribution < 1.29 is 4.79 Å². The average Bonchev–Trinajstić information content (AvgIpc) is 3.23. The third-order valence-electron chi connectivity index (χ3n) is 4.01. The SMILES string of the molecule is CC(=O)N1CCCCC1c1ccc(NC2CC2)nc1. The molecule has 2 fully saturated rings. The van der Waals surface area contributed by atoms with Crippen LogP contribution in [0.4, 0.5) is 5.82 Å². The number of anilines is 1. The smallest absolute Gasteiger partial charge is 0.219 e. The van der Waals surface area contributed by atoms with Crippen LogP contribution < -0.4 is 5.32 Å². The highest BCUT2D eigenvalue weighted by Gasteiger charge is 2.26. The summed E-state index contributed by atoms with van der Waals surface area (Å²) in [5.74, 6) is 1.13. The van der Waals surface area contributed by atoms with Crippen LogP contribution in [-0.2, 0) is 4.79 Å². The number of hydrogen-bond donors (Lipinski definition) is 1. The number of piperidine rings is 1. The van der Waals surface area contributed by atoms with Gasteiger partial charge in [0.15, 0.2) is 0 Å². The highest BCUT2D eigenvalue weighted by atomic mass is 16.2. The zero-order valence-electron chi connectivity index (χ0n) is 11.4. The van der Waals surface area contributed by atoms with Gasteiger partial charge < -0.3 is 10.2 Å². The predicted molar refractivity (Wildman–Crippen MR) is 74.9 cm³/mol. The molecule has 0 aromatic carbocycles. The molecule has 1 aliphatic carbocycles. The maximum atomic E-state index is 11.7. The topological polar surface area (TPSA) is 45.2 Å². The number of nitrogens with zero attached hydrogens (tertiary/aromatic N) is 2. The van der Waals surface area contributed by atoms with Gasteiger partial charge in [0.1, 0.15) is 5.82 Å². The molecule has 19 heavy (non-hydrogen) atoms. The van der Waals surface area contributed by atoms with Crippen LogP contribution in [0.1, 0.15) is 50.6 Å². The number of nitrogens with one attached hydrogen (secondary N) is 1. The summed E-state index contributed by atoms with van der Waals surface area (Å²) in [7, 11) is 0. The molecule has 1 aromatic heterocycles. The molecule has 4 nitrogen and oxygen atoms in total. The van der Waals surface area contributed by atoms with E-state index in [4.69, 9.17) is 0 Å². The van der Waals surface area contributed by atoms with Crippen LogP contribution in [0.5, 0.6) is 0 Å². The Hall–Kier alpha value is -1.58. The third kappa shape index (κ3) is 2.88. The Labute approximate surface area is 114 Å². The van der Waals surface area contributed by atoms with E-state index in [9.17, 15) is 4.79 Å². The number of hydrogen-bond acceptors (Lipinski definition) is 3. The zero-order valence-corrected chi connectivity index (χ0v) is 11.4. The summed E-state index contributed by atoms with van der Waals surface area (Å²) < 4.78 is 0. The largest absolute Gasteiger partial charge is 0.367 e. The molecule has 1 aliphatic heterocycles. The fourth-order valence-electron chi connectivity index (χ4n) is 2.78. The molecule has 1 N–H and O–H groups in total. The summed E-state index contributed by atoms with van der Waals surface area (Å²) >= 11 is 0. The Balaban J connectivity index is 1.73. The van der Waals surface area contributed by atoms with Crippen LogP contribution in [-0.4, -0.2) is 28.4 Å². The minimum absolute atomic E-state index is 0.171. The van der Waals surface area contributed by atoms with Crippen molar-refractivity contribution in [3.8, 4) is 0 Å². The standard InChI is InChI=1S/C15H21N3O/c1-11(19)18-9-3-2-4-14(18)12-5-8-15(16-10-12)17-13-6-7-13/h5,8,10,13-14H,2-4,6-7,9H2,1H3,(H,16,17). The molecule has 0 bridgehead atoms. The van der Waals surface area contributed by atoms with Gasteiger partial charge in [-0.3, -0.25) is 4.79 Å². The van der Waals surface area contributed by atoms with Crippen molar-refractivity contribution in [2.45, 2.75) is 51.1 Å². The number of aromatic nitrogens is 1. The van der Waals surface area contributed by atoms with Crippen molar-refractivity contribution >= 4 is 11.7 Å². The number of likely N-dealkylation sites (tertiary alicyclic amines) is 1. The van der Waals surface area contributed by atoms with Gasteiger partial charge in [0, 0.05) is 25.7 Å². The van der Waals surface area contributed by atoms with Gasteiger partial charge in [0.25, 0.3) is 0 Å². The van der Waals surface area contributed by atoms with Gasteiger partial charge in [-0.25, -0.2) is 4.98 Å². The van der Waals surface area contributed by atoms with Gasteiger partial charge in [0.2, 0.25) is 5.91 Å². The van der Waals surface area contributed by atoms with Crippen molar-refractivity contribution in [1.82, 2.24) is 9.88 Å². The van der Waals surface area contributed by atoms with E-state index < -0.39 is 0 Å². The van der Waals surface area contributed by atoms with E-state index in [1.54, 1.807) is 6.92 Å². The lowest BCUT2D eigenvalue weighted by molar-refractivity contribution is -0.132. The molecule has 1 unspecified atom stereocenters. The summed E-state index contributed by atoms with van der Waals surface area (Å²) in [6, 6.07) is 5.00. The van der Waals surface area contributed by atoms with Crippen molar-refractivity contribution in [3.05, 3.63) is 23.9 Å². The van der Waals surface area contributed by atoms with E-state index in [0.717, 1.165) is 30.8 Å². The van der Waals surface area contributed by atoms with Crippen LogP contribution in [0.25, 0.3) is 0 Å². The first kappa shape index (κ1) is 12.5. The molecule has 1 saturated heterocycles. The fraction of sp³-hybridized carbons (Fsp3) is 0.600. The van der Waals surface area contributed by atoms with Crippen molar-refractivity contribution in [2.24, 2.45) is 0 Å². The van der Waals surface area contributed by atoms with E-state index in [-0.39, 0.29) is 11.9 Å². The maximum absolute atomic E-state index is 11.7. The molecule has 0 spiro atoms. The molecule has 1 aromatic rings. The molecule has 2 aliphatic rings. The van der Waals surface area contributed by atoms with Gasteiger partial charge in [-0.2, -0.15) is 0 Å². The first-order valence-electron chi connectivity index (χ1n) is 7.24. The molecule has 102 valence electrons. The van der Waals surface area contributed by atoms with Gasteiger partial charge >= 0.3 is 0 Å². The van der Waals surface area contributed by atoms with E-state index in [2.05, 4.69) is 16.4 Å². The molecule has 1 amide bonds. The summed E-state index contributed by atoms with van der Waals surface area (Å²) in [6.07, 6.45) is 7.79. The number of carbonyl (C=O) groups excluding carboxylic acids is 1. The van der Waals surface area contributed by atoms with E-state index in [0.29, 0.717) is 6.04 Å². The molecular formula is C15H21N3O. The normalized spacial score (nSPS) is 23.2. The van der Waals surface area contributed by atoms with Crippen molar-refractivity contribution in [1.29, 1.82) is 0 Å². The third-order valence-corrected chi connectivity index (χ3v) is 4.01. The quantitative estimate of drug-likeness (QED) is 0.907. The van der Waals surface area contributed by atoms with Gasteiger partial charge in [-0.15, -0.1) is 0 Å². The first-order chi connectivity index (χ1) is 9.24. The van der Waals surface area contributed by atoms with Crippen LogP contribution >= 0.6 is 0 Å². The Bertz CT molecular complexity index is 453. The number of pyridine rings is 1. The minimum Gasteiger partial charge on any atom is -0.367 e. The molecular weight excluding hydrogens is 238 g/mol. The summed E-state index contributed by atoms with van der Waals surface area (Å²) in [6.45, 7) is 2.54. The van der Waals surface area contributed by atoms with Crippen molar-refractivity contribution in [2.75, 3.05) is 11.9 Å². The fourth-order valence-corrected chi connectivity index (χ4v) is 2.78. The Kier molecular flexibility index (Phi) is 3.40. The second-order valence-corrected chi connectivity index (χ2v) is 5.62. The highest BCUT2D eigenvalue weighted by Crippen LogP contribution is 2.31. The number of amides is 1. The monoisotopic (exact) mass is 259 g/mol. The van der Waals surface area contributed by atoms with E-state index >= 15 is 0 Å². The van der Waals surface area contributed by atoms with Crippen molar-refractivity contribution in [3.63, 3.8) is 0 Å². The van der Waals surface area contributed by atoms with Gasteiger partial charge in [-0.1, -0.05) is 6.07 Å². The van der Waals surface area contributed by atoms with Gasteiger partial charge in [0.05, 0.1) is 6.04 Å². The van der Waals surface area contributed by atoms with E-state index in [1.807, 2.05) is 17.2 Å². The molecule has 1 saturated carbocycles. The molecule has 3 rings (SSSR count). The molecule has 1 atom stereocenters. The summed E-state index contributed by atoms with van der Waals surface area (Å²) in [5, 5.41) is 3.39. The average molecular weight is 259 g/mol. The highest BCUT2D eigenvalue weighted by molar-refractivity contribution is 5.74. The number of rotatable bonds is 3.